The topological polar surface area (TPSA) is 120 Å². The average molecular weight is 309 g/mol. The summed E-state index contributed by atoms with van der Waals surface area (Å²) in [6, 6.07) is 0.722. The van der Waals surface area contributed by atoms with Gasteiger partial charge in [-0.15, -0.1) is 0 Å². The van der Waals surface area contributed by atoms with Crippen LogP contribution in [0.1, 0.15) is 6.23 Å². The van der Waals surface area contributed by atoms with E-state index in [1.165, 1.54) is 16.8 Å². The molecular formula is C12H18BN4O5. The lowest BCUT2D eigenvalue weighted by Gasteiger charge is -2.36. The van der Waals surface area contributed by atoms with Crippen LogP contribution in [0.25, 0.3) is 0 Å². The second-order valence-corrected chi connectivity index (χ2v) is 5.58. The van der Waals surface area contributed by atoms with Crippen molar-refractivity contribution in [2.45, 2.75) is 30.8 Å². The third-order valence-electron chi connectivity index (χ3n) is 4.29. The highest BCUT2D eigenvalue weighted by molar-refractivity contribution is 6.29. The Bertz CT molecular complexity index is 663. The number of aliphatic hydroxyl groups excluding tert-OH is 2. The average Bonchev–Trinajstić information content (AvgIpc) is 2.93. The van der Waals surface area contributed by atoms with E-state index >= 15 is 0 Å². The molecule has 3 rings (SSSR count). The number of morpholine rings is 1. The zero-order chi connectivity index (χ0) is 15.9. The van der Waals surface area contributed by atoms with Crippen LogP contribution in [0.5, 0.6) is 0 Å². The van der Waals surface area contributed by atoms with Gasteiger partial charge in [0.1, 0.15) is 11.7 Å². The molecule has 0 aromatic carbocycles. The van der Waals surface area contributed by atoms with E-state index in [4.69, 9.17) is 4.74 Å². The van der Waals surface area contributed by atoms with Gasteiger partial charge in [0.15, 0.2) is 6.23 Å². The van der Waals surface area contributed by atoms with E-state index in [0.717, 1.165) is 0 Å². The monoisotopic (exact) mass is 309 g/mol. The van der Waals surface area contributed by atoms with Gasteiger partial charge in [0.05, 0.1) is 12.6 Å². The zero-order valence-corrected chi connectivity index (χ0v) is 12.1. The largest absolute Gasteiger partial charge is 0.393 e. The number of nitrogens with one attached hydrogen (secondary N) is 2. The molecule has 1 aromatic heterocycles. The molecule has 9 nitrogen and oxygen atoms in total. The zero-order valence-electron chi connectivity index (χ0n) is 12.1. The van der Waals surface area contributed by atoms with Crippen LogP contribution < -0.4 is 16.5 Å². The van der Waals surface area contributed by atoms with Crippen molar-refractivity contribution in [3.05, 3.63) is 33.1 Å². The molecule has 2 aliphatic rings. The van der Waals surface area contributed by atoms with E-state index in [1.807, 2.05) is 11.7 Å². The Morgan fingerprint density at radius 2 is 2.36 bits per heavy atom. The first-order valence-corrected chi connectivity index (χ1v) is 7.06. The van der Waals surface area contributed by atoms with Crippen LogP contribution in [0.2, 0.25) is 6.82 Å². The quantitative estimate of drug-likeness (QED) is 0.429. The van der Waals surface area contributed by atoms with Crippen LogP contribution in [-0.2, 0) is 4.74 Å². The lowest BCUT2D eigenvalue weighted by Crippen LogP contribution is -2.52. The molecule has 22 heavy (non-hydrogen) atoms. The predicted octanol–water partition coefficient (Wildman–Crippen LogP) is -2.94. The van der Waals surface area contributed by atoms with Crippen molar-refractivity contribution in [3.8, 4) is 0 Å². The highest BCUT2D eigenvalue weighted by Gasteiger charge is 2.63. The van der Waals surface area contributed by atoms with Crippen LogP contribution in [0.15, 0.2) is 21.9 Å². The second-order valence-electron chi connectivity index (χ2n) is 5.58. The molecule has 4 atom stereocenters. The maximum atomic E-state index is 12.0. The third-order valence-corrected chi connectivity index (χ3v) is 4.29. The number of likely N-dealkylation sites (tertiary alicyclic amines) is 1. The number of aliphatic hydroxyl groups is 2. The summed E-state index contributed by atoms with van der Waals surface area (Å²) in [6.45, 7) is 2.29. The van der Waals surface area contributed by atoms with Gasteiger partial charge in [-0.05, 0) is 0 Å². The van der Waals surface area contributed by atoms with Crippen molar-refractivity contribution in [2.24, 2.45) is 0 Å². The highest BCUT2D eigenvalue weighted by atomic mass is 16.6. The molecule has 0 amide bonds. The van der Waals surface area contributed by atoms with Crippen LogP contribution >= 0.6 is 0 Å². The minimum absolute atomic E-state index is 0.352. The second kappa shape index (κ2) is 5.63. The van der Waals surface area contributed by atoms with E-state index in [9.17, 15) is 19.8 Å². The van der Waals surface area contributed by atoms with Gasteiger partial charge in [-0.2, -0.15) is 0 Å². The number of H-pyrrole nitrogens is 1. The molecule has 1 radical (unpaired) electrons. The summed E-state index contributed by atoms with van der Waals surface area (Å²) >= 11 is 0. The fourth-order valence-corrected chi connectivity index (χ4v) is 3.21. The van der Waals surface area contributed by atoms with E-state index in [2.05, 4.69) is 10.2 Å². The highest BCUT2D eigenvalue weighted by Crippen LogP contribution is 2.45. The Balaban J connectivity index is 1.96. The van der Waals surface area contributed by atoms with Crippen molar-refractivity contribution in [3.63, 3.8) is 0 Å². The molecule has 3 heterocycles. The number of ether oxygens (including phenoxy) is 1. The first kappa shape index (κ1) is 15.4. The molecule has 0 aliphatic carbocycles. The molecule has 0 saturated carbocycles. The van der Waals surface area contributed by atoms with Crippen molar-refractivity contribution in [1.82, 2.24) is 19.7 Å². The fourth-order valence-electron chi connectivity index (χ4n) is 3.21. The Morgan fingerprint density at radius 1 is 1.59 bits per heavy atom. The Labute approximate surface area is 126 Å². The maximum Gasteiger partial charge on any atom is 0.330 e. The van der Waals surface area contributed by atoms with E-state index < -0.39 is 35.2 Å². The summed E-state index contributed by atoms with van der Waals surface area (Å²) in [5, 5.41) is 23.2. The molecule has 0 spiro atoms. The van der Waals surface area contributed by atoms with E-state index in [1.54, 1.807) is 7.41 Å². The summed E-state index contributed by atoms with van der Waals surface area (Å²) in [7, 11) is 1.77. The number of aromatic nitrogens is 2. The molecule has 10 heteroatoms. The first-order valence-electron chi connectivity index (χ1n) is 7.06. The van der Waals surface area contributed by atoms with Gasteiger partial charge >= 0.3 is 5.69 Å². The van der Waals surface area contributed by atoms with Crippen molar-refractivity contribution in [1.29, 1.82) is 0 Å². The summed E-state index contributed by atoms with van der Waals surface area (Å²) in [5.41, 5.74) is -2.23. The molecule has 2 aliphatic heterocycles. The maximum absolute atomic E-state index is 12.0. The van der Waals surface area contributed by atoms with Crippen LogP contribution in [0, 0.1) is 0 Å². The minimum atomic E-state index is -1.12. The number of hydrogen-bond acceptors (Lipinski definition) is 7. The number of nitrogens with zero attached hydrogens (tertiary/aromatic N) is 2. The molecule has 4 N–H and O–H groups in total. The summed E-state index contributed by atoms with van der Waals surface area (Å²) in [5.74, 6) is 0. The summed E-state index contributed by atoms with van der Waals surface area (Å²) < 4.78 is 7.02. The Hall–Kier alpha value is -1.46. The van der Waals surface area contributed by atoms with Crippen LogP contribution in [0.4, 0.5) is 0 Å². The number of fused-ring (bicyclic) bond motifs is 2. The standard InChI is InChI=1S/C12H18BN4O5/c1-13-14-6-16-4-12(5-18)9(20)8(16)10(22-12)17-3-2-7(19)15-11(17)21/h2-3,8-10,14,18,20H,4-6H2,1H3,(H,15,19,21)/t8?,9?,10?,12-/m1/s1. The smallest absolute Gasteiger partial charge is 0.330 e. The Morgan fingerprint density at radius 3 is 2.95 bits per heavy atom. The molecule has 2 fully saturated rings. The lowest BCUT2D eigenvalue weighted by atomic mass is 10.0. The lowest BCUT2D eigenvalue weighted by molar-refractivity contribution is -0.155. The molecule has 119 valence electrons. The van der Waals surface area contributed by atoms with Gasteiger partial charge in [0.25, 0.3) is 5.56 Å². The minimum Gasteiger partial charge on any atom is -0.393 e. The van der Waals surface area contributed by atoms with Crippen molar-refractivity contribution in [2.75, 3.05) is 19.8 Å². The van der Waals surface area contributed by atoms with Crippen molar-refractivity contribution < 1.29 is 14.9 Å². The number of rotatable bonds is 5. The molecule has 3 unspecified atom stereocenters. The van der Waals surface area contributed by atoms with E-state index in [0.29, 0.717) is 13.2 Å². The number of aromatic amines is 1. The van der Waals surface area contributed by atoms with Gasteiger partial charge in [-0.25, -0.2) is 4.79 Å². The van der Waals surface area contributed by atoms with Crippen LogP contribution in [0.3, 0.4) is 0 Å². The van der Waals surface area contributed by atoms with Gasteiger partial charge in [-0.1, -0.05) is 6.82 Å². The molecule has 2 bridgehead atoms. The predicted molar refractivity (Wildman–Crippen MR) is 77.4 cm³/mol. The first-order chi connectivity index (χ1) is 10.5. The van der Waals surface area contributed by atoms with Gasteiger partial charge in [0, 0.05) is 25.5 Å². The molecular weight excluding hydrogens is 291 g/mol. The van der Waals surface area contributed by atoms with E-state index in [-0.39, 0.29) is 6.61 Å². The number of hydrogen-bond donors (Lipinski definition) is 4. The molecule has 1 aromatic rings. The molecule has 2 saturated heterocycles. The SMILES string of the molecule is C[B]NCN1C[C@]2(CO)OC(n3ccc(=O)[nH]c3=O)C1C2O. The van der Waals surface area contributed by atoms with Gasteiger partial charge < -0.3 is 20.2 Å². The summed E-state index contributed by atoms with van der Waals surface area (Å²) in [6.07, 6.45) is -0.374. The normalized spacial score (nSPS) is 34.2. The van der Waals surface area contributed by atoms with Crippen LogP contribution in [-0.4, -0.2) is 69.6 Å². The fraction of sp³-hybridized carbons (Fsp3) is 0.667. The third kappa shape index (κ3) is 2.23. The van der Waals surface area contributed by atoms with Gasteiger partial charge in [-0.3, -0.25) is 19.2 Å². The van der Waals surface area contributed by atoms with Crippen molar-refractivity contribution >= 4 is 7.41 Å². The van der Waals surface area contributed by atoms with Gasteiger partial charge in [0.2, 0.25) is 7.41 Å². The summed E-state index contributed by atoms with van der Waals surface area (Å²) in [4.78, 5) is 27.2. The Kier molecular flexibility index (Phi) is 3.95.